The van der Waals surface area contributed by atoms with Crippen molar-refractivity contribution in [2.75, 3.05) is 26.8 Å². The van der Waals surface area contributed by atoms with Gasteiger partial charge < -0.3 is 9.84 Å². The Balaban J connectivity index is 2.56. The number of aliphatic hydroxyl groups excluding tert-OH is 1. The van der Waals surface area contributed by atoms with Crippen molar-refractivity contribution < 1.29 is 18.3 Å². The molecule has 0 aromatic rings. The molecule has 2 N–H and O–H groups in total. The molecular formula is C10H22N2O4S. The molecule has 0 aromatic carbocycles. The summed E-state index contributed by atoms with van der Waals surface area (Å²) in [6.45, 7) is 2.84. The van der Waals surface area contributed by atoms with Gasteiger partial charge in [0, 0.05) is 26.2 Å². The fraction of sp³-hybridized carbons (Fsp3) is 1.00. The van der Waals surface area contributed by atoms with Crippen molar-refractivity contribution in [1.29, 1.82) is 0 Å². The van der Waals surface area contributed by atoms with Crippen LogP contribution in [0.15, 0.2) is 0 Å². The van der Waals surface area contributed by atoms with Crippen LogP contribution in [0.25, 0.3) is 0 Å². The van der Waals surface area contributed by atoms with Gasteiger partial charge in [-0.25, -0.2) is 0 Å². The lowest BCUT2D eigenvalue weighted by Crippen LogP contribution is -2.45. The Kier molecular flexibility index (Phi) is 5.81. The van der Waals surface area contributed by atoms with Gasteiger partial charge in [-0.3, -0.25) is 0 Å². The van der Waals surface area contributed by atoms with E-state index in [4.69, 9.17) is 4.74 Å². The summed E-state index contributed by atoms with van der Waals surface area (Å²) in [5.74, 6) is 0. The van der Waals surface area contributed by atoms with E-state index in [-0.39, 0.29) is 12.6 Å². The lowest BCUT2D eigenvalue weighted by molar-refractivity contribution is 0.157. The van der Waals surface area contributed by atoms with E-state index in [1.54, 1.807) is 6.92 Å². The molecule has 1 aliphatic rings. The molecule has 2 atom stereocenters. The van der Waals surface area contributed by atoms with Crippen LogP contribution in [-0.4, -0.2) is 56.8 Å². The molecule has 1 saturated heterocycles. The van der Waals surface area contributed by atoms with Crippen molar-refractivity contribution in [2.45, 2.75) is 38.3 Å². The van der Waals surface area contributed by atoms with Gasteiger partial charge in [-0.05, 0) is 26.2 Å². The zero-order chi connectivity index (χ0) is 12.9. The smallest absolute Gasteiger partial charge is 0.279 e. The molecule has 0 aliphatic carbocycles. The largest absolute Gasteiger partial charge is 0.393 e. The van der Waals surface area contributed by atoms with Gasteiger partial charge in [0.25, 0.3) is 10.2 Å². The second kappa shape index (κ2) is 6.65. The molecule has 1 heterocycles. The highest BCUT2D eigenvalue weighted by atomic mass is 32.2. The number of ether oxygens (including phenoxy) is 1. The topological polar surface area (TPSA) is 78.9 Å². The summed E-state index contributed by atoms with van der Waals surface area (Å²) in [7, 11) is -1.91. The summed E-state index contributed by atoms with van der Waals surface area (Å²) >= 11 is 0. The Hall–Kier alpha value is -0.210. The highest BCUT2D eigenvalue weighted by Gasteiger charge is 2.34. The first-order valence-corrected chi connectivity index (χ1v) is 7.35. The summed E-state index contributed by atoms with van der Waals surface area (Å²) in [5, 5.41) is 9.35. The maximum absolute atomic E-state index is 12.0. The molecule has 17 heavy (non-hydrogen) atoms. The third-order valence-electron chi connectivity index (χ3n) is 2.84. The highest BCUT2D eigenvalue weighted by molar-refractivity contribution is 7.87. The van der Waals surface area contributed by atoms with Crippen molar-refractivity contribution in [3.63, 3.8) is 0 Å². The standard InChI is InChI=1S/C10H22N2O4S/c1-9(13)8-10-4-3-6-12(10)17(14,15)11-5-7-16-2/h9-11,13H,3-8H2,1-2H3. The van der Waals surface area contributed by atoms with E-state index >= 15 is 0 Å². The predicted octanol–water partition coefficient (Wildman–Crippen LogP) is -0.297. The Morgan fingerprint density at radius 2 is 2.29 bits per heavy atom. The molecule has 0 saturated carbocycles. The van der Waals surface area contributed by atoms with Crippen molar-refractivity contribution in [2.24, 2.45) is 0 Å². The summed E-state index contributed by atoms with van der Waals surface area (Å²) in [4.78, 5) is 0. The van der Waals surface area contributed by atoms with Crippen LogP contribution in [0.3, 0.4) is 0 Å². The molecule has 0 radical (unpaired) electrons. The summed E-state index contributed by atoms with van der Waals surface area (Å²) < 4.78 is 32.7. The molecule has 0 bridgehead atoms. The van der Waals surface area contributed by atoms with Crippen LogP contribution in [0.2, 0.25) is 0 Å². The van der Waals surface area contributed by atoms with Gasteiger partial charge in [-0.15, -0.1) is 0 Å². The summed E-state index contributed by atoms with van der Waals surface area (Å²) in [6.07, 6.45) is 1.68. The number of hydrogen-bond donors (Lipinski definition) is 2. The zero-order valence-electron chi connectivity index (χ0n) is 10.4. The first-order chi connectivity index (χ1) is 7.97. The molecule has 0 spiro atoms. The number of nitrogens with zero attached hydrogens (tertiary/aromatic N) is 1. The number of nitrogens with one attached hydrogen (secondary N) is 1. The first-order valence-electron chi connectivity index (χ1n) is 5.91. The van der Waals surface area contributed by atoms with E-state index in [9.17, 15) is 13.5 Å². The molecule has 2 unspecified atom stereocenters. The fourth-order valence-corrected chi connectivity index (χ4v) is 3.57. The van der Waals surface area contributed by atoms with Gasteiger partial charge in [-0.1, -0.05) is 0 Å². The molecule has 1 aliphatic heterocycles. The highest BCUT2D eigenvalue weighted by Crippen LogP contribution is 2.23. The Labute approximate surface area is 103 Å². The van der Waals surface area contributed by atoms with E-state index in [2.05, 4.69) is 4.72 Å². The molecular weight excluding hydrogens is 244 g/mol. The normalized spacial score (nSPS) is 24.1. The third-order valence-corrected chi connectivity index (χ3v) is 4.50. The Morgan fingerprint density at radius 3 is 2.88 bits per heavy atom. The zero-order valence-corrected chi connectivity index (χ0v) is 11.2. The van der Waals surface area contributed by atoms with Gasteiger partial charge in [0.2, 0.25) is 0 Å². The van der Waals surface area contributed by atoms with Crippen LogP contribution in [0.1, 0.15) is 26.2 Å². The third kappa shape index (κ3) is 4.51. The lowest BCUT2D eigenvalue weighted by Gasteiger charge is -2.25. The molecule has 102 valence electrons. The minimum absolute atomic E-state index is 0.0879. The van der Waals surface area contributed by atoms with Crippen molar-refractivity contribution >= 4 is 10.2 Å². The minimum atomic E-state index is -3.43. The van der Waals surface area contributed by atoms with E-state index in [0.717, 1.165) is 12.8 Å². The number of methoxy groups -OCH3 is 1. The van der Waals surface area contributed by atoms with Crippen LogP contribution >= 0.6 is 0 Å². The molecule has 7 heteroatoms. The SMILES string of the molecule is COCCNS(=O)(=O)N1CCCC1CC(C)O. The van der Waals surface area contributed by atoms with Crippen molar-refractivity contribution in [3.05, 3.63) is 0 Å². The van der Waals surface area contributed by atoms with E-state index in [1.165, 1.54) is 11.4 Å². The molecule has 1 fully saturated rings. The molecule has 1 rings (SSSR count). The van der Waals surface area contributed by atoms with Crippen molar-refractivity contribution in [1.82, 2.24) is 9.03 Å². The van der Waals surface area contributed by atoms with Crippen LogP contribution in [0.4, 0.5) is 0 Å². The fourth-order valence-electron chi connectivity index (χ4n) is 2.11. The average molecular weight is 266 g/mol. The van der Waals surface area contributed by atoms with E-state index in [0.29, 0.717) is 19.6 Å². The van der Waals surface area contributed by atoms with Crippen LogP contribution < -0.4 is 4.72 Å². The Morgan fingerprint density at radius 1 is 1.59 bits per heavy atom. The average Bonchev–Trinajstić information content (AvgIpc) is 2.65. The molecule has 0 amide bonds. The quantitative estimate of drug-likeness (QED) is 0.620. The van der Waals surface area contributed by atoms with Gasteiger partial charge in [0.05, 0.1) is 12.7 Å². The number of rotatable bonds is 7. The van der Waals surface area contributed by atoms with Gasteiger partial charge >= 0.3 is 0 Å². The summed E-state index contributed by atoms with van der Waals surface area (Å²) in [5.41, 5.74) is 0. The van der Waals surface area contributed by atoms with Crippen LogP contribution in [-0.2, 0) is 14.9 Å². The lowest BCUT2D eigenvalue weighted by atomic mass is 10.1. The van der Waals surface area contributed by atoms with Crippen LogP contribution in [0, 0.1) is 0 Å². The van der Waals surface area contributed by atoms with E-state index in [1.807, 2.05) is 0 Å². The minimum Gasteiger partial charge on any atom is -0.393 e. The molecule has 6 nitrogen and oxygen atoms in total. The Bertz CT molecular complexity index is 318. The molecule has 0 aromatic heterocycles. The second-order valence-corrected chi connectivity index (χ2v) is 6.09. The first kappa shape index (κ1) is 14.8. The van der Waals surface area contributed by atoms with Gasteiger partial charge in [-0.2, -0.15) is 17.4 Å². The number of hydrogen-bond acceptors (Lipinski definition) is 4. The second-order valence-electron chi connectivity index (χ2n) is 4.38. The monoisotopic (exact) mass is 266 g/mol. The maximum Gasteiger partial charge on any atom is 0.279 e. The maximum atomic E-state index is 12.0. The van der Waals surface area contributed by atoms with E-state index < -0.39 is 16.3 Å². The predicted molar refractivity (Wildman–Crippen MR) is 64.8 cm³/mol. The summed E-state index contributed by atoms with van der Waals surface area (Å²) in [6, 6.07) is -0.0879. The van der Waals surface area contributed by atoms with Gasteiger partial charge in [0.1, 0.15) is 0 Å². The van der Waals surface area contributed by atoms with Gasteiger partial charge in [0.15, 0.2) is 0 Å². The van der Waals surface area contributed by atoms with Crippen molar-refractivity contribution in [3.8, 4) is 0 Å². The van der Waals surface area contributed by atoms with Crippen LogP contribution in [0.5, 0.6) is 0 Å². The number of aliphatic hydroxyl groups is 1.